The molecule has 0 radical (unpaired) electrons. The van der Waals surface area contributed by atoms with Gasteiger partial charge in [0.05, 0.1) is 0 Å². The van der Waals surface area contributed by atoms with E-state index in [0.717, 1.165) is 26.1 Å². The molecule has 0 bridgehead atoms. The lowest BCUT2D eigenvalue weighted by atomic mass is 10.2. The Balaban J connectivity index is -0.000000179. The van der Waals surface area contributed by atoms with E-state index < -0.39 is 0 Å². The molecule has 0 saturated carbocycles. The highest BCUT2D eigenvalue weighted by molar-refractivity contribution is 7.99. The molecule has 4 saturated heterocycles. The maximum absolute atomic E-state index is 5.07. The van der Waals surface area contributed by atoms with Crippen LogP contribution in [0.3, 0.4) is 0 Å². The number of piperidine rings is 2. The summed E-state index contributed by atoms with van der Waals surface area (Å²) in [6.07, 6.45) is 35.8. The first-order valence-electron chi connectivity index (χ1n) is 14.2. The highest BCUT2D eigenvalue weighted by Crippen LogP contribution is 2.14. The molecule has 0 atom stereocenters. The summed E-state index contributed by atoms with van der Waals surface area (Å²) in [7, 11) is 0. The molecular weight excluding hydrogens is 484 g/mol. The third-order valence-corrected chi connectivity index (χ3v) is 7.03. The molecule has 6 rings (SSSR count). The number of rotatable bonds is 0. The number of hydrogen-bond donors (Lipinski definition) is 2. The molecule has 0 spiro atoms. The minimum Gasteiger partial charge on any atom is -0.381 e. The quantitative estimate of drug-likeness (QED) is 0.312. The van der Waals surface area contributed by atoms with Gasteiger partial charge in [-0.15, -0.1) is 0 Å². The van der Waals surface area contributed by atoms with Crippen molar-refractivity contribution in [3.05, 3.63) is 48.6 Å². The van der Waals surface area contributed by atoms with E-state index in [-0.39, 0.29) is 29.7 Å². The van der Waals surface area contributed by atoms with Crippen molar-refractivity contribution in [2.24, 2.45) is 0 Å². The van der Waals surface area contributed by atoms with Crippen LogP contribution in [0.1, 0.15) is 120 Å². The summed E-state index contributed by atoms with van der Waals surface area (Å²) in [5, 5.41) is 6.57. The van der Waals surface area contributed by atoms with Gasteiger partial charge in [-0.1, -0.05) is 97.6 Å². The van der Waals surface area contributed by atoms with Crippen molar-refractivity contribution in [3.8, 4) is 0 Å². The summed E-state index contributed by atoms with van der Waals surface area (Å²) in [6.45, 7) is 7.00. The Hall–Kier alpha value is -0.810. The Labute approximate surface area is 245 Å². The van der Waals surface area contributed by atoms with E-state index in [0.29, 0.717) is 0 Å². The zero-order valence-electron chi connectivity index (χ0n) is 22.0. The van der Waals surface area contributed by atoms with Crippen LogP contribution in [0, 0.1) is 0 Å². The molecule has 0 aromatic rings. The first-order valence-corrected chi connectivity index (χ1v) is 15.4. The SMILES string of the molecule is C.C.C.C.C1=CCC=C1.C1=CCC=C1.C1CCNCC1.C1CCNCC1.C1CCOCC1.C1CCSCC1. The van der Waals surface area contributed by atoms with Crippen LogP contribution in [0.15, 0.2) is 48.6 Å². The third kappa shape index (κ3) is 37.3. The van der Waals surface area contributed by atoms with Crippen LogP contribution in [0.2, 0.25) is 0 Å². The molecule has 0 aromatic carbocycles. The van der Waals surface area contributed by atoms with Gasteiger partial charge in [-0.05, 0) is 108 Å². The lowest BCUT2D eigenvalue weighted by Gasteiger charge is -2.08. The van der Waals surface area contributed by atoms with E-state index in [2.05, 4.69) is 71.0 Å². The van der Waals surface area contributed by atoms with Gasteiger partial charge in [-0.3, -0.25) is 0 Å². The molecule has 4 fully saturated rings. The average molecular weight is 555 g/mol. The predicted molar refractivity (Wildman–Crippen MR) is 182 cm³/mol. The minimum atomic E-state index is 0. The summed E-state index contributed by atoms with van der Waals surface area (Å²) < 4.78 is 5.07. The zero-order valence-corrected chi connectivity index (χ0v) is 22.8. The van der Waals surface area contributed by atoms with E-state index >= 15 is 0 Å². The molecule has 4 aliphatic heterocycles. The number of allylic oxidation sites excluding steroid dienone is 8. The Morgan fingerprint density at radius 3 is 0.868 bits per heavy atom. The van der Waals surface area contributed by atoms with Crippen molar-refractivity contribution < 1.29 is 4.74 Å². The second-order valence-corrected chi connectivity index (χ2v) is 10.4. The lowest BCUT2D eigenvalue weighted by Crippen LogP contribution is -2.21. The fraction of sp³-hybridized carbons (Fsp3) is 0.765. The summed E-state index contributed by atoms with van der Waals surface area (Å²) in [4.78, 5) is 0. The van der Waals surface area contributed by atoms with Crippen molar-refractivity contribution in [2.75, 3.05) is 50.9 Å². The lowest BCUT2D eigenvalue weighted by molar-refractivity contribution is 0.0968. The van der Waals surface area contributed by atoms with Gasteiger partial charge in [-0.25, -0.2) is 0 Å². The van der Waals surface area contributed by atoms with Crippen LogP contribution in [0.5, 0.6) is 0 Å². The molecule has 0 aromatic heterocycles. The van der Waals surface area contributed by atoms with E-state index in [1.54, 1.807) is 0 Å². The smallest absolute Gasteiger partial charge is 0.0466 e. The van der Waals surface area contributed by atoms with Gasteiger partial charge in [0.2, 0.25) is 0 Å². The van der Waals surface area contributed by atoms with Crippen LogP contribution in [-0.2, 0) is 4.74 Å². The van der Waals surface area contributed by atoms with Crippen molar-refractivity contribution in [1.29, 1.82) is 0 Å². The van der Waals surface area contributed by atoms with Gasteiger partial charge in [0.25, 0.3) is 0 Å². The van der Waals surface area contributed by atoms with Gasteiger partial charge in [0.1, 0.15) is 0 Å². The molecule has 0 unspecified atom stereocenters. The highest BCUT2D eigenvalue weighted by atomic mass is 32.2. The largest absolute Gasteiger partial charge is 0.381 e. The molecular formula is C34H70N2OS. The Morgan fingerprint density at radius 1 is 0.421 bits per heavy atom. The van der Waals surface area contributed by atoms with Crippen molar-refractivity contribution >= 4 is 11.8 Å². The molecule has 2 aliphatic carbocycles. The maximum Gasteiger partial charge on any atom is 0.0466 e. The molecule has 228 valence electrons. The number of thioether (sulfide) groups is 1. The third-order valence-electron chi connectivity index (χ3n) is 5.88. The van der Waals surface area contributed by atoms with E-state index in [1.165, 1.54) is 115 Å². The van der Waals surface area contributed by atoms with Crippen molar-refractivity contribution in [3.63, 3.8) is 0 Å². The topological polar surface area (TPSA) is 33.3 Å². The highest BCUT2D eigenvalue weighted by Gasteiger charge is 1.96. The standard InChI is InChI=1S/2C5H11N.C5H10O.C5H10S.2C5H6.4CH4/c4*1-2-4-6-5-3-1;2*1-2-4-5-3-1;;;;/h2*6H,1-5H2;2*1-5H2;2*1-4H,5H2;4*1H4. The Bertz CT molecular complexity index is 365. The summed E-state index contributed by atoms with van der Waals surface area (Å²) in [5.41, 5.74) is 0. The van der Waals surface area contributed by atoms with Gasteiger partial charge >= 0.3 is 0 Å². The number of nitrogens with one attached hydrogen (secondary N) is 2. The molecule has 4 heteroatoms. The molecule has 3 nitrogen and oxygen atoms in total. The average Bonchev–Trinajstić information content (AvgIpc) is 3.74. The fourth-order valence-corrected chi connectivity index (χ4v) is 4.78. The fourth-order valence-electron chi connectivity index (χ4n) is 3.76. The summed E-state index contributed by atoms with van der Waals surface area (Å²) >= 11 is 2.09. The summed E-state index contributed by atoms with van der Waals surface area (Å²) in [5.74, 6) is 2.83. The van der Waals surface area contributed by atoms with Gasteiger partial charge in [-0.2, -0.15) is 11.8 Å². The molecule has 6 aliphatic rings. The van der Waals surface area contributed by atoms with Gasteiger partial charge < -0.3 is 15.4 Å². The maximum atomic E-state index is 5.07. The summed E-state index contributed by atoms with van der Waals surface area (Å²) in [6, 6.07) is 0. The number of hydrogen-bond acceptors (Lipinski definition) is 4. The number of ether oxygens (including phenoxy) is 1. The molecule has 4 heterocycles. The van der Waals surface area contributed by atoms with Crippen LogP contribution in [0.4, 0.5) is 0 Å². The Kier molecular flexibility index (Phi) is 47.3. The zero-order chi connectivity index (χ0) is 24.0. The van der Waals surface area contributed by atoms with Crippen molar-refractivity contribution in [1.82, 2.24) is 10.6 Å². The van der Waals surface area contributed by atoms with E-state index in [4.69, 9.17) is 4.74 Å². The van der Waals surface area contributed by atoms with Crippen LogP contribution in [0.25, 0.3) is 0 Å². The monoisotopic (exact) mass is 555 g/mol. The molecule has 2 N–H and O–H groups in total. The first kappa shape index (κ1) is 44.2. The second-order valence-electron chi connectivity index (χ2n) is 9.15. The predicted octanol–water partition coefficient (Wildman–Crippen LogP) is 10.2. The van der Waals surface area contributed by atoms with E-state index in [9.17, 15) is 0 Å². The molecule has 0 amide bonds. The van der Waals surface area contributed by atoms with Crippen LogP contribution < -0.4 is 10.6 Å². The second kappa shape index (κ2) is 40.7. The van der Waals surface area contributed by atoms with Crippen LogP contribution >= 0.6 is 11.8 Å². The minimum absolute atomic E-state index is 0. The van der Waals surface area contributed by atoms with Gasteiger partial charge in [0.15, 0.2) is 0 Å². The first-order chi connectivity index (χ1) is 17.0. The Morgan fingerprint density at radius 2 is 0.763 bits per heavy atom. The molecule has 38 heavy (non-hydrogen) atoms. The normalized spacial score (nSPS) is 19.8. The van der Waals surface area contributed by atoms with Crippen molar-refractivity contribution in [2.45, 2.75) is 120 Å². The van der Waals surface area contributed by atoms with Crippen LogP contribution in [-0.4, -0.2) is 50.9 Å². The van der Waals surface area contributed by atoms with Gasteiger partial charge in [0, 0.05) is 13.2 Å². The van der Waals surface area contributed by atoms with E-state index in [1.807, 2.05) is 0 Å².